The van der Waals surface area contributed by atoms with Gasteiger partial charge in [-0.15, -0.1) is 0 Å². The number of rotatable bonds is 6. The van der Waals surface area contributed by atoms with Crippen molar-refractivity contribution >= 4 is 18.1 Å². The van der Waals surface area contributed by atoms with Gasteiger partial charge in [-0.2, -0.15) is 0 Å². The summed E-state index contributed by atoms with van der Waals surface area (Å²) < 4.78 is 6.57. The van der Waals surface area contributed by atoms with Crippen molar-refractivity contribution in [3.63, 3.8) is 0 Å². The topological polar surface area (TPSA) is 81.2 Å². The van der Waals surface area contributed by atoms with Crippen LogP contribution in [-0.2, 0) is 17.7 Å². The Labute approximate surface area is 237 Å². The van der Waals surface area contributed by atoms with Crippen LogP contribution in [0.15, 0.2) is 113 Å². The Morgan fingerprint density at radius 1 is 0.780 bits per heavy atom. The van der Waals surface area contributed by atoms with E-state index in [4.69, 9.17) is 4.74 Å². The lowest BCUT2D eigenvalue weighted by atomic mass is 9.83. The summed E-state index contributed by atoms with van der Waals surface area (Å²) in [6, 6.07) is 31.4. The summed E-state index contributed by atoms with van der Waals surface area (Å²) in [7, 11) is 1.36. The Morgan fingerprint density at radius 3 is 2.07 bits per heavy atom. The van der Waals surface area contributed by atoms with Gasteiger partial charge in [0.25, 0.3) is 5.56 Å². The van der Waals surface area contributed by atoms with Gasteiger partial charge in [-0.1, -0.05) is 103 Å². The molecule has 1 aromatic heterocycles. The largest absolute Gasteiger partial charge is 0.465 e. The minimum Gasteiger partial charge on any atom is -0.465 e. The van der Waals surface area contributed by atoms with Crippen LogP contribution in [0.25, 0.3) is 12.2 Å². The first kappa shape index (κ1) is 26.0. The number of methoxy groups -OCH3 is 1. The molecular formula is C35H28N2O4. The van der Waals surface area contributed by atoms with Crippen LogP contribution in [0.5, 0.6) is 0 Å². The third-order valence-corrected chi connectivity index (χ3v) is 7.58. The van der Waals surface area contributed by atoms with Gasteiger partial charge in [0, 0.05) is 17.7 Å². The molecule has 1 N–H and O–H groups in total. The summed E-state index contributed by atoms with van der Waals surface area (Å²) >= 11 is 0. The molecule has 202 valence electrons. The summed E-state index contributed by atoms with van der Waals surface area (Å²) in [6.45, 7) is 0.173. The number of nitrogens with one attached hydrogen (secondary N) is 1. The molecule has 1 aliphatic rings. The number of ether oxygens (including phenoxy) is 1. The minimum atomic E-state index is -0.514. The number of esters is 1. The molecule has 1 aliphatic carbocycles. The number of aromatic amines is 1. The number of nitrogens with zero attached hydrogens (tertiary/aromatic N) is 1. The predicted molar refractivity (Wildman–Crippen MR) is 160 cm³/mol. The van der Waals surface area contributed by atoms with Gasteiger partial charge in [0.05, 0.1) is 19.2 Å². The fraction of sp³-hybridized carbons (Fsp3) is 0.114. The Bertz CT molecular complexity index is 1850. The average molecular weight is 541 g/mol. The molecule has 6 rings (SSSR count). The van der Waals surface area contributed by atoms with E-state index in [-0.39, 0.29) is 12.5 Å². The first-order valence-electron chi connectivity index (χ1n) is 13.5. The van der Waals surface area contributed by atoms with Crippen molar-refractivity contribution in [2.45, 2.75) is 18.9 Å². The van der Waals surface area contributed by atoms with Crippen LogP contribution in [0, 0.1) is 0 Å². The Hall–Kier alpha value is -5.23. The smallest absolute Gasteiger partial charge is 0.338 e. The highest BCUT2D eigenvalue weighted by Crippen LogP contribution is 2.37. The second-order valence-electron chi connectivity index (χ2n) is 10.1. The molecule has 0 bridgehead atoms. The van der Waals surface area contributed by atoms with Gasteiger partial charge >= 0.3 is 11.7 Å². The highest BCUT2D eigenvalue weighted by atomic mass is 16.5. The lowest BCUT2D eigenvalue weighted by Crippen LogP contribution is -2.33. The van der Waals surface area contributed by atoms with Crippen LogP contribution in [0.4, 0.5) is 0 Å². The third kappa shape index (κ3) is 5.20. The maximum atomic E-state index is 13.3. The number of hydrogen-bond donors (Lipinski definition) is 1. The highest BCUT2D eigenvalue weighted by Gasteiger charge is 2.26. The Balaban J connectivity index is 1.42. The monoisotopic (exact) mass is 540 g/mol. The fourth-order valence-electron chi connectivity index (χ4n) is 5.57. The van der Waals surface area contributed by atoms with Crippen LogP contribution < -0.4 is 11.2 Å². The van der Waals surface area contributed by atoms with Crippen LogP contribution >= 0.6 is 0 Å². The van der Waals surface area contributed by atoms with Crippen molar-refractivity contribution in [1.82, 2.24) is 9.55 Å². The fourth-order valence-corrected chi connectivity index (χ4v) is 5.57. The van der Waals surface area contributed by atoms with Crippen molar-refractivity contribution in [3.8, 4) is 0 Å². The van der Waals surface area contributed by atoms with Crippen molar-refractivity contribution < 1.29 is 9.53 Å². The number of carbonyl (C=O) groups is 1. The van der Waals surface area contributed by atoms with Gasteiger partial charge in [-0.25, -0.2) is 9.59 Å². The van der Waals surface area contributed by atoms with Gasteiger partial charge in [0.1, 0.15) is 0 Å². The molecule has 0 fully saturated rings. The van der Waals surface area contributed by atoms with E-state index in [0.29, 0.717) is 17.5 Å². The van der Waals surface area contributed by atoms with Crippen LogP contribution in [-0.4, -0.2) is 22.6 Å². The van der Waals surface area contributed by atoms with Crippen molar-refractivity contribution in [1.29, 1.82) is 0 Å². The summed E-state index contributed by atoms with van der Waals surface area (Å²) in [4.78, 5) is 41.6. The predicted octanol–water partition coefficient (Wildman–Crippen LogP) is 5.63. The maximum Gasteiger partial charge on any atom is 0.338 e. The molecule has 0 amide bonds. The van der Waals surface area contributed by atoms with Crippen LogP contribution in [0.3, 0.4) is 0 Å². The minimum absolute atomic E-state index is 0.173. The molecule has 6 heteroatoms. The normalized spacial score (nSPS) is 12.3. The quantitative estimate of drug-likeness (QED) is 0.278. The SMILES string of the molecule is COC(=O)c1cc(Cn2cc(C3c4ccccc4C=Cc4ccccc43)c(=O)[nH]c2=O)ccc1Cc1ccccc1. The lowest BCUT2D eigenvalue weighted by molar-refractivity contribution is 0.0599. The summed E-state index contributed by atoms with van der Waals surface area (Å²) in [5.41, 5.74) is 6.65. The van der Waals surface area contributed by atoms with Crippen LogP contribution in [0.1, 0.15) is 60.8 Å². The maximum absolute atomic E-state index is 13.3. The number of benzene rings is 4. The summed E-state index contributed by atoms with van der Waals surface area (Å²) in [6.07, 6.45) is 6.34. The number of carbonyl (C=O) groups excluding carboxylic acids is 1. The molecular weight excluding hydrogens is 512 g/mol. The first-order valence-corrected chi connectivity index (χ1v) is 13.5. The van der Waals surface area contributed by atoms with E-state index in [2.05, 4.69) is 17.1 Å². The number of hydrogen-bond acceptors (Lipinski definition) is 4. The average Bonchev–Trinajstić information content (AvgIpc) is 3.16. The molecule has 0 aliphatic heterocycles. The number of H-pyrrole nitrogens is 1. The molecule has 5 aromatic rings. The molecule has 0 saturated carbocycles. The zero-order valence-electron chi connectivity index (χ0n) is 22.5. The molecule has 41 heavy (non-hydrogen) atoms. The Kier molecular flexibility index (Phi) is 7.04. The molecule has 0 spiro atoms. The summed E-state index contributed by atoms with van der Waals surface area (Å²) in [5.74, 6) is -0.807. The number of aromatic nitrogens is 2. The molecule has 4 aromatic carbocycles. The van der Waals surface area contributed by atoms with Gasteiger partial charge in [0.2, 0.25) is 0 Å². The summed E-state index contributed by atoms with van der Waals surface area (Å²) in [5, 5.41) is 0. The van der Waals surface area contributed by atoms with E-state index in [9.17, 15) is 14.4 Å². The van der Waals surface area contributed by atoms with E-state index in [1.54, 1.807) is 12.3 Å². The molecule has 0 atom stereocenters. The standard InChI is InChI=1S/C35H28N2O4/c1-41-34(39)30-20-24(15-16-27(30)19-23-9-3-2-4-10-23)21-37-22-31(33(38)36-35(37)40)32-28-13-7-5-11-25(28)17-18-26-12-6-8-14-29(26)32/h2-18,20,22,32H,19,21H2,1H3,(H,36,38,40). The molecule has 1 heterocycles. The van der Waals surface area contributed by atoms with Crippen molar-refractivity contribution in [2.75, 3.05) is 7.11 Å². The third-order valence-electron chi connectivity index (χ3n) is 7.58. The zero-order chi connectivity index (χ0) is 28.3. The second-order valence-corrected chi connectivity index (χ2v) is 10.1. The molecule has 0 saturated heterocycles. The molecule has 6 nitrogen and oxygen atoms in total. The zero-order valence-corrected chi connectivity index (χ0v) is 22.5. The van der Waals surface area contributed by atoms with Crippen LogP contribution in [0.2, 0.25) is 0 Å². The van der Waals surface area contributed by atoms with Crippen molar-refractivity contribution in [2.24, 2.45) is 0 Å². The first-order chi connectivity index (χ1) is 20.0. The Morgan fingerprint density at radius 2 is 1.41 bits per heavy atom. The number of fused-ring (bicyclic) bond motifs is 2. The van der Waals surface area contributed by atoms with Gasteiger partial charge in [0.15, 0.2) is 0 Å². The second kappa shape index (κ2) is 11.1. The van der Waals surface area contributed by atoms with E-state index >= 15 is 0 Å². The molecule has 0 radical (unpaired) electrons. The van der Waals surface area contributed by atoms with E-state index < -0.39 is 17.2 Å². The van der Waals surface area contributed by atoms with E-state index in [0.717, 1.165) is 38.9 Å². The lowest BCUT2D eigenvalue weighted by Gasteiger charge is -2.21. The van der Waals surface area contributed by atoms with Gasteiger partial charge < -0.3 is 4.74 Å². The van der Waals surface area contributed by atoms with E-state index in [1.165, 1.54) is 11.7 Å². The van der Waals surface area contributed by atoms with Gasteiger partial charge in [-0.3, -0.25) is 14.3 Å². The van der Waals surface area contributed by atoms with Crippen molar-refractivity contribution in [3.05, 3.63) is 174 Å². The van der Waals surface area contributed by atoms with Gasteiger partial charge in [-0.05, 0) is 51.4 Å². The highest BCUT2D eigenvalue weighted by molar-refractivity contribution is 5.91. The molecule has 0 unspecified atom stereocenters. The van der Waals surface area contributed by atoms with E-state index in [1.807, 2.05) is 91.0 Å².